The third kappa shape index (κ3) is 5.54. The number of hydrogen-bond acceptors (Lipinski definition) is 3. The van der Waals surface area contributed by atoms with Crippen molar-refractivity contribution in [1.29, 1.82) is 0 Å². The van der Waals surface area contributed by atoms with E-state index in [0.717, 1.165) is 6.42 Å². The van der Waals surface area contributed by atoms with Crippen molar-refractivity contribution in [2.75, 3.05) is 19.6 Å². The van der Waals surface area contributed by atoms with Gasteiger partial charge in [0.25, 0.3) is 0 Å². The molecule has 3 N–H and O–H groups in total. The topological polar surface area (TPSA) is 98.7 Å². The molecule has 0 radical (unpaired) electrons. The maximum Gasteiger partial charge on any atom is 0.326 e. The van der Waals surface area contributed by atoms with Gasteiger partial charge in [-0.15, -0.1) is 0 Å². The maximum atomic E-state index is 12.2. The molecule has 1 aliphatic rings. The predicted molar refractivity (Wildman–Crippen MR) is 82.4 cm³/mol. The minimum absolute atomic E-state index is 0.156. The number of carbonyl (C=O) groups excluding carboxylic acids is 2. The summed E-state index contributed by atoms with van der Waals surface area (Å²) in [4.78, 5) is 36.8. The fourth-order valence-electron chi connectivity index (χ4n) is 2.41. The second-order valence-electron chi connectivity index (χ2n) is 6.17. The van der Waals surface area contributed by atoms with Crippen LogP contribution in [0.4, 0.5) is 4.79 Å². The van der Waals surface area contributed by atoms with Crippen molar-refractivity contribution in [3.05, 3.63) is 0 Å². The van der Waals surface area contributed by atoms with Gasteiger partial charge in [-0.25, -0.2) is 9.59 Å². The van der Waals surface area contributed by atoms with Crippen LogP contribution in [-0.4, -0.2) is 53.6 Å². The Balaban J connectivity index is 2.53. The standard InChI is InChI=1S/C15H27N3O4/c1-4-12(14(20)21)17-13(19)11-6-5-7-18(9-11)15(22)16-8-10(2)3/h10-12H,4-9H2,1-3H3,(H,16,22)(H,17,19)(H,20,21). The highest BCUT2D eigenvalue weighted by Gasteiger charge is 2.30. The quantitative estimate of drug-likeness (QED) is 0.682. The molecule has 2 unspecified atom stereocenters. The number of amides is 3. The normalized spacial score (nSPS) is 19.6. The molecule has 7 heteroatoms. The summed E-state index contributed by atoms with van der Waals surface area (Å²) in [6, 6.07) is -1.02. The number of carboxylic acids is 1. The van der Waals surface area contributed by atoms with E-state index in [9.17, 15) is 14.4 Å². The lowest BCUT2D eigenvalue weighted by Crippen LogP contribution is -2.51. The van der Waals surface area contributed by atoms with E-state index in [0.29, 0.717) is 38.4 Å². The van der Waals surface area contributed by atoms with Gasteiger partial charge in [-0.05, 0) is 25.2 Å². The number of carboxylic acid groups (broad SMARTS) is 1. The summed E-state index contributed by atoms with van der Waals surface area (Å²) in [6.45, 7) is 7.32. The highest BCUT2D eigenvalue weighted by molar-refractivity contribution is 5.85. The minimum Gasteiger partial charge on any atom is -0.480 e. The number of carbonyl (C=O) groups is 3. The van der Waals surface area contributed by atoms with E-state index in [1.54, 1.807) is 11.8 Å². The number of likely N-dealkylation sites (tertiary alicyclic amines) is 1. The third-order valence-electron chi connectivity index (χ3n) is 3.76. The Bertz CT molecular complexity index is 412. The summed E-state index contributed by atoms with van der Waals surface area (Å²) in [5.74, 6) is -1.28. The molecule has 2 atom stereocenters. The molecule has 0 aliphatic carbocycles. The molecular weight excluding hydrogens is 286 g/mol. The van der Waals surface area contributed by atoms with E-state index in [1.165, 1.54) is 0 Å². The Morgan fingerprint density at radius 2 is 2.00 bits per heavy atom. The number of urea groups is 1. The van der Waals surface area contributed by atoms with Gasteiger partial charge in [-0.1, -0.05) is 20.8 Å². The Labute approximate surface area is 131 Å². The van der Waals surface area contributed by atoms with Gasteiger partial charge in [0.05, 0.1) is 5.92 Å². The van der Waals surface area contributed by atoms with E-state index in [1.807, 2.05) is 13.8 Å². The van der Waals surface area contributed by atoms with E-state index < -0.39 is 12.0 Å². The molecular formula is C15H27N3O4. The molecule has 1 rings (SSSR count). The van der Waals surface area contributed by atoms with Gasteiger partial charge < -0.3 is 20.6 Å². The van der Waals surface area contributed by atoms with Crippen LogP contribution in [0.5, 0.6) is 0 Å². The highest BCUT2D eigenvalue weighted by Crippen LogP contribution is 2.17. The van der Waals surface area contributed by atoms with Gasteiger partial charge in [-0.3, -0.25) is 4.79 Å². The first kappa shape index (κ1) is 18.3. The Morgan fingerprint density at radius 3 is 2.55 bits per heavy atom. The average Bonchev–Trinajstić information content (AvgIpc) is 2.49. The SMILES string of the molecule is CCC(NC(=O)C1CCCN(C(=O)NCC(C)C)C1)C(=O)O. The number of rotatable bonds is 6. The fourth-order valence-corrected chi connectivity index (χ4v) is 2.41. The smallest absolute Gasteiger partial charge is 0.326 e. The molecule has 126 valence electrons. The number of nitrogens with zero attached hydrogens (tertiary/aromatic N) is 1. The second-order valence-corrected chi connectivity index (χ2v) is 6.17. The summed E-state index contributed by atoms with van der Waals surface area (Å²) in [7, 11) is 0. The van der Waals surface area contributed by atoms with Crippen LogP contribution in [0.2, 0.25) is 0 Å². The monoisotopic (exact) mass is 313 g/mol. The van der Waals surface area contributed by atoms with Crippen molar-refractivity contribution >= 4 is 17.9 Å². The lowest BCUT2D eigenvalue weighted by molar-refractivity contribution is -0.142. The highest BCUT2D eigenvalue weighted by atomic mass is 16.4. The first-order chi connectivity index (χ1) is 10.3. The van der Waals surface area contributed by atoms with E-state index in [4.69, 9.17) is 5.11 Å². The molecule has 0 bridgehead atoms. The zero-order valence-electron chi connectivity index (χ0n) is 13.6. The number of piperidine rings is 1. The van der Waals surface area contributed by atoms with Crippen LogP contribution >= 0.6 is 0 Å². The summed E-state index contributed by atoms with van der Waals surface area (Å²) < 4.78 is 0. The number of hydrogen-bond donors (Lipinski definition) is 3. The molecule has 3 amide bonds. The molecule has 0 aromatic carbocycles. The molecule has 0 aromatic heterocycles. The molecule has 1 fully saturated rings. The van der Waals surface area contributed by atoms with Gasteiger partial charge in [0.1, 0.15) is 6.04 Å². The Kier molecular flexibility index (Phi) is 7.14. The molecule has 0 spiro atoms. The van der Waals surface area contributed by atoms with E-state index in [2.05, 4.69) is 10.6 Å². The van der Waals surface area contributed by atoms with Crippen LogP contribution < -0.4 is 10.6 Å². The molecule has 7 nitrogen and oxygen atoms in total. The van der Waals surface area contributed by atoms with Crippen molar-refractivity contribution in [3.63, 3.8) is 0 Å². The number of aliphatic carboxylic acids is 1. The zero-order valence-corrected chi connectivity index (χ0v) is 13.6. The van der Waals surface area contributed by atoms with Crippen molar-refractivity contribution in [2.24, 2.45) is 11.8 Å². The molecule has 0 saturated carbocycles. The summed E-state index contributed by atoms with van der Waals surface area (Å²) in [6.07, 6.45) is 1.76. The van der Waals surface area contributed by atoms with Gasteiger partial charge >= 0.3 is 12.0 Å². The lowest BCUT2D eigenvalue weighted by Gasteiger charge is -2.32. The Morgan fingerprint density at radius 1 is 1.32 bits per heavy atom. The second kappa shape index (κ2) is 8.60. The lowest BCUT2D eigenvalue weighted by atomic mass is 9.97. The van der Waals surface area contributed by atoms with Gasteiger partial charge in [-0.2, -0.15) is 0 Å². The largest absolute Gasteiger partial charge is 0.480 e. The summed E-state index contributed by atoms with van der Waals surface area (Å²) in [5.41, 5.74) is 0. The van der Waals surface area contributed by atoms with Crippen molar-refractivity contribution in [1.82, 2.24) is 15.5 Å². The van der Waals surface area contributed by atoms with Crippen molar-refractivity contribution < 1.29 is 19.5 Å². The molecule has 0 aromatic rings. The molecule has 1 heterocycles. The van der Waals surface area contributed by atoms with E-state index in [-0.39, 0.29) is 17.9 Å². The zero-order chi connectivity index (χ0) is 16.7. The number of nitrogens with one attached hydrogen (secondary N) is 2. The third-order valence-corrected chi connectivity index (χ3v) is 3.76. The van der Waals surface area contributed by atoms with Crippen LogP contribution in [0.25, 0.3) is 0 Å². The van der Waals surface area contributed by atoms with Crippen LogP contribution in [-0.2, 0) is 9.59 Å². The average molecular weight is 313 g/mol. The summed E-state index contributed by atoms with van der Waals surface area (Å²) >= 11 is 0. The summed E-state index contributed by atoms with van der Waals surface area (Å²) in [5, 5.41) is 14.4. The first-order valence-electron chi connectivity index (χ1n) is 7.91. The van der Waals surface area contributed by atoms with Crippen LogP contribution in [0.3, 0.4) is 0 Å². The van der Waals surface area contributed by atoms with Crippen molar-refractivity contribution in [3.8, 4) is 0 Å². The van der Waals surface area contributed by atoms with Gasteiger partial charge in [0, 0.05) is 19.6 Å². The Hall–Kier alpha value is -1.79. The fraction of sp³-hybridized carbons (Fsp3) is 0.800. The molecule has 1 aliphatic heterocycles. The van der Waals surface area contributed by atoms with Gasteiger partial charge in [0.2, 0.25) is 5.91 Å². The first-order valence-corrected chi connectivity index (χ1v) is 7.91. The van der Waals surface area contributed by atoms with Gasteiger partial charge in [0.15, 0.2) is 0 Å². The molecule has 22 heavy (non-hydrogen) atoms. The van der Waals surface area contributed by atoms with E-state index >= 15 is 0 Å². The molecule has 1 saturated heterocycles. The van der Waals surface area contributed by atoms with Crippen molar-refractivity contribution in [2.45, 2.75) is 46.1 Å². The predicted octanol–water partition coefficient (Wildman–Crippen LogP) is 1.04. The minimum atomic E-state index is -1.03. The van der Waals surface area contributed by atoms with Crippen LogP contribution in [0, 0.1) is 11.8 Å². The maximum absolute atomic E-state index is 12.2. The van der Waals surface area contributed by atoms with Crippen LogP contribution in [0.15, 0.2) is 0 Å². The van der Waals surface area contributed by atoms with Crippen LogP contribution in [0.1, 0.15) is 40.0 Å².